The smallest absolute Gasteiger partial charge is 0.383 e. The van der Waals surface area contributed by atoms with E-state index < -0.39 is 11.7 Å². The van der Waals surface area contributed by atoms with Gasteiger partial charge in [-0.05, 0) is 31.2 Å². The van der Waals surface area contributed by atoms with Crippen molar-refractivity contribution in [3.63, 3.8) is 0 Å². The van der Waals surface area contributed by atoms with Crippen molar-refractivity contribution in [1.29, 1.82) is 0 Å². The largest absolute Gasteiger partial charge is 0.416 e. The first-order chi connectivity index (χ1) is 9.97. The van der Waals surface area contributed by atoms with E-state index >= 15 is 0 Å². The van der Waals surface area contributed by atoms with Crippen LogP contribution in [0.1, 0.15) is 17.8 Å². The maximum Gasteiger partial charge on any atom is 0.416 e. The summed E-state index contributed by atoms with van der Waals surface area (Å²) in [6.45, 7) is 1.54. The van der Waals surface area contributed by atoms with Crippen LogP contribution in [-0.2, 0) is 23.9 Å². The van der Waals surface area contributed by atoms with E-state index in [1.807, 2.05) is 4.57 Å². The van der Waals surface area contributed by atoms with Gasteiger partial charge in [-0.15, -0.1) is 0 Å². The Labute approximate surface area is 120 Å². The molecule has 1 heterocycles. The Bertz CT molecular complexity index is 607. The molecule has 0 spiro atoms. The van der Waals surface area contributed by atoms with Crippen molar-refractivity contribution in [2.24, 2.45) is 5.73 Å². The number of fused-ring (bicyclic) bond motifs is 1. The summed E-state index contributed by atoms with van der Waals surface area (Å²) in [5.41, 5.74) is 5.85. The highest BCUT2D eigenvalue weighted by Crippen LogP contribution is 2.31. The SMILES string of the molecule is COCCn1c(CCCN)nc2cc(C(F)(F)F)ccc21. The highest BCUT2D eigenvalue weighted by molar-refractivity contribution is 5.77. The monoisotopic (exact) mass is 301 g/mol. The Morgan fingerprint density at radius 1 is 1.33 bits per heavy atom. The standard InChI is InChI=1S/C14H18F3N3O/c1-21-8-7-20-12-5-4-10(14(15,16)17)9-11(12)19-13(20)3-2-6-18/h4-5,9H,2-3,6-8,18H2,1H3. The fourth-order valence-electron chi connectivity index (χ4n) is 2.24. The van der Waals surface area contributed by atoms with Crippen LogP contribution in [-0.4, -0.2) is 29.8 Å². The average molecular weight is 301 g/mol. The molecule has 0 amide bonds. The number of nitrogens with zero attached hydrogens (tertiary/aromatic N) is 2. The van der Waals surface area contributed by atoms with Crippen molar-refractivity contribution in [3.8, 4) is 0 Å². The van der Waals surface area contributed by atoms with Gasteiger partial charge in [-0.1, -0.05) is 0 Å². The van der Waals surface area contributed by atoms with Gasteiger partial charge >= 0.3 is 6.18 Å². The molecule has 0 radical (unpaired) electrons. The van der Waals surface area contributed by atoms with Crippen LogP contribution in [0.4, 0.5) is 13.2 Å². The number of hydrogen-bond donors (Lipinski definition) is 1. The Morgan fingerprint density at radius 3 is 2.71 bits per heavy atom. The number of imidazole rings is 1. The third kappa shape index (κ3) is 3.54. The Morgan fingerprint density at radius 2 is 2.10 bits per heavy atom. The van der Waals surface area contributed by atoms with Gasteiger partial charge in [0.05, 0.1) is 23.2 Å². The quantitative estimate of drug-likeness (QED) is 0.892. The number of methoxy groups -OCH3 is 1. The molecule has 2 N–H and O–H groups in total. The summed E-state index contributed by atoms with van der Waals surface area (Å²) < 4.78 is 45.2. The second kappa shape index (κ2) is 6.44. The number of nitrogens with two attached hydrogens (primary N) is 1. The number of aromatic nitrogens is 2. The molecule has 7 heteroatoms. The molecule has 0 aliphatic heterocycles. The fourth-order valence-corrected chi connectivity index (χ4v) is 2.24. The van der Waals surface area contributed by atoms with Crippen LogP contribution < -0.4 is 5.73 Å². The van der Waals surface area contributed by atoms with E-state index in [2.05, 4.69) is 4.98 Å². The lowest BCUT2D eigenvalue weighted by Gasteiger charge is -2.09. The molecule has 2 rings (SSSR count). The Kier molecular flexibility index (Phi) is 4.84. The van der Waals surface area contributed by atoms with Crippen LogP contribution in [0.2, 0.25) is 0 Å². The first-order valence-corrected chi connectivity index (χ1v) is 6.72. The second-order valence-electron chi connectivity index (χ2n) is 4.77. The van der Waals surface area contributed by atoms with Crippen LogP contribution in [0.15, 0.2) is 18.2 Å². The summed E-state index contributed by atoms with van der Waals surface area (Å²) in [7, 11) is 1.58. The number of ether oxygens (including phenoxy) is 1. The number of halogens is 3. The summed E-state index contributed by atoms with van der Waals surface area (Å²) in [6, 6.07) is 3.64. The van der Waals surface area contributed by atoms with E-state index in [4.69, 9.17) is 10.5 Å². The van der Waals surface area contributed by atoms with Gasteiger partial charge in [0.25, 0.3) is 0 Å². The van der Waals surface area contributed by atoms with Crippen molar-refractivity contribution in [2.45, 2.75) is 25.6 Å². The van der Waals surface area contributed by atoms with E-state index in [1.54, 1.807) is 7.11 Å². The summed E-state index contributed by atoms with van der Waals surface area (Å²) in [4.78, 5) is 4.33. The topological polar surface area (TPSA) is 53.1 Å². The van der Waals surface area contributed by atoms with Gasteiger partial charge in [0.1, 0.15) is 5.82 Å². The molecule has 21 heavy (non-hydrogen) atoms. The summed E-state index contributed by atoms with van der Waals surface area (Å²) >= 11 is 0. The maximum absolute atomic E-state index is 12.8. The normalized spacial score (nSPS) is 12.2. The van der Waals surface area contributed by atoms with E-state index in [1.165, 1.54) is 6.07 Å². The van der Waals surface area contributed by atoms with Gasteiger partial charge in [-0.2, -0.15) is 13.2 Å². The van der Waals surface area contributed by atoms with E-state index in [-0.39, 0.29) is 0 Å². The van der Waals surface area contributed by atoms with Crippen LogP contribution in [0.5, 0.6) is 0 Å². The first-order valence-electron chi connectivity index (χ1n) is 6.72. The molecule has 1 aromatic carbocycles. The van der Waals surface area contributed by atoms with Gasteiger partial charge in [-0.25, -0.2) is 4.98 Å². The van der Waals surface area contributed by atoms with Crippen LogP contribution in [0, 0.1) is 0 Å². The molecule has 2 aromatic rings. The lowest BCUT2D eigenvalue weighted by Crippen LogP contribution is -2.10. The second-order valence-corrected chi connectivity index (χ2v) is 4.77. The molecule has 1 aromatic heterocycles. The van der Waals surface area contributed by atoms with Crippen molar-refractivity contribution >= 4 is 11.0 Å². The van der Waals surface area contributed by atoms with E-state index in [0.29, 0.717) is 37.2 Å². The number of alkyl halides is 3. The molecule has 0 atom stereocenters. The zero-order valence-electron chi connectivity index (χ0n) is 11.8. The van der Waals surface area contributed by atoms with Crippen LogP contribution >= 0.6 is 0 Å². The van der Waals surface area contributed by atoms with Crippen LogP contribution in [0.25, 0.3) is 11.0 Å². The molecule has 0 saturated carbocycles. The number of hydrogen-bond acceptors (Lipinski definition) is 3. The number of aryl methyl sites for hydroxylation is 1. The predicted octanol–water partition coefficient (Wildman–Crippen LogP) is 2.59. The highest BCUT2D eigenvalue weighted by atomic mass is 19.4. The molecule has 4 nitrogen and oxygen atoms in total. The lowest BCUT2D eigenvalue weighted by molar-refractivity contribution is -0.137. The number of rotatable bonds is 6. The van der Waals surface area contributed by atoms with E-state index in [9.17, 15) is 13.2 Å². The zero-order valence-corrected chi connectivity index (χ0v) is 11.8. The Balaban J connectivity index is 2.45. The molecule has 0 unspecified atom stereocenters. The van der Waals surface area contributed by atoms with E-state index in [0.717, 1.165) is 24.4 Å². The van der Waals surface area contributed by atoms with Gasteiger partial charge in [0, 0.05) is 20.1 Å². The molecule has 0 aliphatic carbocycles. The Hall–Kier alpha value is -1.60. The van der Waals surface area contributed by atoms with Gasteiger partial charge in [0.2, 0.25) is 0 Å². The zero-order chi connectivity index (χ0) is 15.5. The van der Waals surface area contributed by atoms with Crippen molar-refractivity contribution < 1.29 is 17.9 Å². The average Bonchev–Trinajstić information content (AvgIpc) is 2.78. The van der Waals surface area contributed by atoms with Crippen molar-refractivity contribution in [3.05, 3.63) is 29.6 Å². The third-order valence-corrected chi connectivity index (χ3v) is 3.28. The fraction of sp³-hybridized carbons (Fsp3) is 0.500. The van der Waals surface area contributed by atoms with Gasteiger partial charge in [-0.3, -0.25) is 0 Å². The molecular weight excluding hydrogens is 283 g/mol. The highest BCUT2D eigenvalue weighted by Gasteiger charge is 2.31. The van der Waals surface area contributed by atoms with Gasteiger partial charge in [0.15, 0.2) is 0 Å². The minimum atomic E-state index is -4.36. The minimum absolute atomic E-state index is 0.355. The lowest BCUT2D eigenvalue weighted by atomic mass is 10.2. The third-order valence-electron chi connectivity index (χ3n) is 3.28. The first kappa shape index (κ1) is 15.8. The number of benzene rings is 1. The molecule has 0 aliphatic rings. The minimum Gasteiger partial charge on any atom is -0.383 e. The summed E-state index contributed by atoms with van der Waals surface area (Å²) in [5.74, 6) is 0.742. The van der Waals surface area contributed by atoms with Gasteiger partial charge < -0.3 is 15.0 Å². The maximum atomic E-state index is 12.8. The molecule has 0 saturated heterocycles. The van der Waals surface area contributed by atoms with Crippen molar-refractivity contribution in [1.82, 2.24) is 9.55 Å². The molecule has 0 fully saturated rings. The predicted molar refractivity (Wildman–Crippen MR) is 74.0 cm³/mol. The van der Waals surface area contributed by atoms with Crippen molar-refractivity contribution in [2.75, 3.05) is 20.3 Å². The molecular formula is C14H18F3N3O. The molecule has 116 valence electrons. The summed E-state index contributed by atoms with van der Waals surface area (Å²) in [5, 5.41) is 0. The van der Waals surface area contributed by atoms with Crippen LogP contribution in [0.3, 0.4) is 0 Å². The summed E-state index contributed by atoms with van der Waals surface area (Å²) in [6.07, 6.45) is -2.99. The molecule has 0 bridgehead atoms.